The molecule has 0 aromatic carbocycles. The summed E-state index contributed by atoms with van der Waals surface area (Å²) in [6, 6.07) is 3.23. The molecule has 5 nitrogen and oxygen atoms in total. The van der Waals surface area contributed by atoms with E-state index in [9.17, 15) is 9.59 Å². The second-order valence-electron chi connectivity index (χ2n) is 6.42. The SMILES string of the molecule is CCO[C@@H]1C[C@@H](N(C)C(=O)c2ccc(=O)n(C)c2)C1(CC)CC. The van der Waals surface area contributed by atoms with E-state index in [0.29, 0.717) is 12.2 Å². The number of ether oxygens (including phenoxy) is 1. The van der Waals surface area contributed by atoms with Crippen LogP contribution in [0.3, 0.4) is 0 Å². The normalized spacial score (nSPS) is 22.5. The minimum Gasteiger partial charge on any atom is -0.378 e. The van der Waals surface area contributed by atoms with Crippen molar-refractivity contribution < 1.29 is 9.53 Å². The number of nitrogens with zero attached hydrogens (tertiary/aromatic N) is 2. The van der Waals surface area contributed by atoms with Gasteiger partial charge in [0, 0.05) is 44.4 Å². The van der Waals surface area contributed by atoms with Crippen LogP contribution in [0.15, 0.2) is 23.1 Å². The Hall–Kier alpha value is -1.62. The molecule has 0 N–H and O–H groups in total. The molecular formula is C18H28N2O3. The fourth-order valence-electron chi connectivity index (χ4n) is 3.95. The van der Waals surface area contributed by atoms with Crippen molar-refractivity contribution in [3.63, 3.8) is 0 Å². The average Bonchev–Trinajstić information content (AvgIpc) is 2.54. The van der Waals surface area contributed by atoms with E-state index in [2.05, 4.69) is 13.8 Å². The van der Waals surface area contributed by atoms with Gasteiger partial charge in [-0.1, -0.05) is 13.8 Å². The van der Waals surface area contributed by atoms with E-state index in [-0.39, 0.29) is 29.0 Å². The average molecular weight is 320 g/mol. The topological polar surface area (TPSA) is 51.5 Å². The quantitative estimate of drug-likeness (QED) is 0.809. The van der Waals surface area contributed by atoms with Crippen LogP contribution in [0.5, 0.6) is 0 Å². The van der Waals surface area contributed by atoms with E-state index >= 15 is 0 Å². The summed E-state index contributed by atoms with van der Waals surface area (Å²) in [7, 11) is 3.52. The Morgan fingerprint density at radius 2 is 2.00 bits per heavy atom. The largest absolute Gasteiger partial charge is 0.378 e. The molecule has 128 valence electrons. The van der Waals surface area contributed by atoms with Crippen molar-refractivity contribution in [1.82, 2.24) is 9.47 Å². The molecule has 1 amide bonds. The summed E-state index contributed by atoms with van der Waals surface area (Å²) in [4.78, 5) is 26.1. The molecule has 1 aromatic heterocycles. The van der Waals surface area contributed by atoms with Gasteiger partial charge in [-0.15, -0.1) is 0 Å². The van der Waals surface area contributed by atoms with Crippen LogP contribution in [0.1, 0.15) is 50.4 Å². The minimum atomic E-state index is -0.110. The van der Waals surface area contributed by atoms with Crippen LogP contribution in [0.4, 0.5) is 0 Å². The van der Waals surface area contributed by atoms with Gasteiger partial charge >= 0.3 is 0 Å². The second-order valence-corrected chi connectivity index (χ2v) is 6.42. The standard InChI is InChI=1S/C18H28N2O3/c1-6-18(7-2)14(11-15(18)23-8-3)20(5)17(22)13-9-10-16(21)19(4)12-13/h9-10,12,14-15H,6-8,11H2,1-5H3/t14-,15-/m1/s1. The predicted octanol–water partition coefficient (Wildman–Crippen LogP) is 2.44. The third-order valence-corrected chi connectivity index (χ3v) is 5.55. The maximum Gasteiger partial charge on any atom is 0.255 e. The van der Waals surface area contributed by atoms with E-state index in [1.807, 2.05) is 18.9 Å². The monoisotopic (exact) mass is 320 g/mol. The molecule has 23 heavy (non-hydrogen) atoms. The Labute approximate surface area is 138 Å². The van der Waals surface area contributed by atoms with E-state index < -0.39 is 0 Å². The van der Waals surface area contributed by atoms with Gasteiger partial charge in [-0.2, -0.15) is 0 Å². The summed E-state index contributed by atoms with van der Waals surface area (Å²) in [5, 5.41) is 0. The van der Waals surface area contributed by atoms with Gasteiger partial charge < -0.3 is 14.2 Å². The molecule has 1 aromatic rings. The highest BCUT2D eigenvalue weighted by Gasteiger charge is 2.55. The van der Waals surface area contributed by atoms with Crippen molar-refractivity contribution in [3.05, 3.63) is 34.2 Å². The molecular weight excluding hydrogens is 292 g/mol. The molecule has 0 radical (unpaired) electrons. The third kappa shape index (κ3) is 2.94. The van der Waals surface area contributed by atoms with Crippen molar-refractivity contribution in [2.75, 3.05) is 13.7 Å². The number of carbonyl (C=O) groups excluding carboxylic acids is 1. The van der Waals surface area contributed by atoms with Crippen molar-refractivity contribution in [2.24, 2.45) is 12.5 Å². The minimum absolute atomic E-state index is 0.0289. The van der Waals surface area contributed by atoms with Crippen LogP contribution in [-0.4, -0.2) is 41.2 Å². The molecule has 0 spiro atoms. The zero-order valence-electron chi connectivity index (χ0n) is 14.8. The Bertz CT molecular complexity index is 619. The zero-order chi connectivity index (χ0) is 17.2. The van der Waals surface area contributed by atoms with Crippen LogP contribution < -0.4 is 5.56 Å². The van der Waals surface area contributed by atoms with Crippen molar-refractivity contribution in [2.45, 2.75) is 52.2 Å². The van der Waals surface area contributed by atoms with Crippen LogP contribution in [0.2, 0.25) is 0 Å². The summed E-state index contributed by atoms with van der Waals surface area (Å²) in [6.45, 7) is 7.07. The van der Waals surface area contributed by atoms with Crippen LogP contribution in [0.25, 0.3) is 0 Å². The van der Waals surface area contributed by atoms with Crippen molar-refractivity contribution in [1.29, 1.82) is 0 Å². The number of amides is 1. The van der Waals surface area contributed by atoms with E-state index in [0.717, 1.165) is 19.3 Å². The molecule has 5 heteroatoms. The molecule has 1 heterocycles. The van der Waals surface area contributed by atoms with Gasteiger partial charge in [0.25, 0.3) is 5.91 Å². The van der Waals surface area contributed by atoms with Crippen molar-refractivity contribution >= 4 is 5.91 Å². The Balaban J connectivity index is 2.22. The Morgan fingerprint density at radius 3 is 2.52 bits per heavy atom. The number of rotatable bonds is 6. The molecule has 1 saturated carbocycles. The lowest BCUT2D eigenvalue weighted by molar-refractivity contribution is -0.159. The smallest absolute Gasteiger partial charge is 0.255 e. The number of aromatic nitrogens is 1. The first-order chi connectivity index (χ1) is 10.9. The molecule has 1 aliphatic carbocycles. The van der Waals surface area contributed by atoms with Crippen LogP contribution in [-0.2, 0) is 11.8 Å². The molecule has 2 atom stereocenters. The van der Waals surface area contributed by atoms with Crippen molar-refractivity contribution in [3.8, 4) is 0 Å². The number of hydrogen-bond acceptors (Lipinski definition) is 3. The lowest BCUT2D eigenvalue weighted by Crippen LogP contribution is -2.64. The summed E-state index contributed by atoms with van der Waals surface area (Å²) >= 11 is 0. The molecule has 1 aliphatic rings. The maximum atomic E-state index is 12.8. The molecule has 0 aliphatic heterocycles. The van der Waals surface area contributed by atoms with Gasteiger partial charge in [-0.25, -0.2) is 0 Å². The van der Waals surface area contributed by atoms with E-state index in [1.165, 1.54) is 10.6 Å². The first-order valence-electron chi connectivity index (χ1n) is 8.46. The summed E-state index contributed by atoms with van der Waals surface area (Å²) in [6.07, 6.45) is 4.69. The molecule has 0 bridgehead atoms. The van der Waals surface area contributed by atoms with Gasteiger partial charge in [0.2, 0.25) is 5.56 Å². The highest BCUT2D eigenvalue weighted by Crippen LogP contribution is 2.51. The molecule has 2 rings (SSSR count). The highest BCUT2D eigenvalue weighted by molar-refractivity contribution is 5.94. The molecule has 0 unspecified atom stereocenters. The Kier molecular flexibility index (Phi) is 5.30. The summed E-state index contributed by atoms with van der Waals surface area (Å²) in [5.41, 5.74) is 0.470. The fraction of sp³-hybridized carbons (Fsp3) is 0.667. The molecule has 0 saturated heterocycles. The third-order valence-electron chi connectivity index (χ3n) is 5.55. The predicted molar refractivity (Wildman–Crippen MR) is 90.6 cm³/mol. The van der Waals surface area contributed by atoms with Crippen LogP contribution in [0, 0.1) is 5.41 Å². The zero-order valence-corrected chi connectivity index (χ0v) is 14.8. The van der Waals surface area contributed by atoms with Gasteiger partial charge in [0.1, 0.15) is 0 Å². The lowest BCUT2D eigenvalue weighted by atomic mass is 9.58. The van der Waals surface area contributed by atoms with Gasteiger partial charge in [-0.05, 0) is 32.3 Å². The molecule has 1 fully saturated rings. The summed E-state index contributed by atoms with van der Waals surface area (Å²) < 4.78 is 7.34. The Morgan fingerprint density at radius 1 is 1.35 bits per heavy atom. The van der Waals surface area contributed by atoms with Gasteiger partial charge in [0.15, 0.2) is 0 Å². The number of carbonyl (C=O) groups is 1. The number of hydrogen-bond donors (Lipinski definition) is 0. The summed E-state index contributed by atoms with van der Waals surface area (Å²) in [5.74, 6) is -0.0353. The van der Waals surface area contributed by atoms with Crippen LogP contribution >= 0.6 is 0 Å². The van der Waals surface area contributed by atoms with Gasteiger partial charge in [0.05, 0.1) is 11.7 Å². The second kappa shape index (κ2) is 6.87. The van der Waals surface area contributed by atoms with E-state index in [1.54, 1.807) is 19.3 Å². The fourth-order valence-corrected chi connectivity index (χ4v) is 3.95. The maximum absolute atomic E-state index is 12.8. The number of aryl methyl sites for hydroxylation is 1. The highest BCUT2D eigenvalue weighted by atomic mass is 16.5. The van der Waals surface area contributed by atoms with E-state index in [4.69, 9.17) is 4.74 Å². The lowest BCUT2D eigenvalue weighted by Gasteiger charge is -2.58. The number of pyridine rings is 1. The first-order valence-corrected chi connectivity index (χ1v) is 8.46. The van der Waals surface area contributed by atoms with Gasteiger partial charge in [-0.3, -0.25) is 9.59 Å². The first kappa shape index (κ1) is 17.7.